The second kappa shape index (κ2) is 8.88. The van der Waals surface area contributed by atoms with E-state index in [0.717, 1.165) is 21.3 Å². The Morgan fingerprint density at radius 3 is 2.34 bits per heavy atom. The Balaban J connectivity index is 1.67. The Bertz CT molecular complexity index is 1400. The summed E-state index contributed by atoms with van der Waals surface area (Å²) in [6.45, 7) is 0.234. The zero-order valence-electron chi connectivity index (χ0n) is 17.8. The van der Waals surface area contributed by atoms with Crippen molar-refractivity contribution < 1.29 is 4.79 Å². The summed E-state index contributed by atoms with van der Waals surface area (Å²) in [5.74, 6) is -0.302. The molecule has 7 nitrogen and oxygen atoms in total. The number of rotatable bonds is 6. The SMILES string of the molecule is Cn1c(=O)c2c(c(-c3ccccc3)cn2C)n(CC(=O)NCCc2ccc(Cl)cc2)c1=O. The van der Waals surface area contributed by atoms with Crippen molar-refractivity contribution in [2.45, 2.75) is 13.0 Å². The highest BCUT2D eigenvalue weighted by Gasteiger charge is 2.20. The van der Waals surface area contributed by atoms with Gasteiger partial charge >= 0.3 is 5.69 Å². The molecule has 32 heavy (non-hydrogen) atoms. The number of amides is 1. The molecular formula is C24H23ClN4O3. The van der Waals surface area contributed by atoms with Gasteiger partial charge in [-0.05, 0) is 29.7 Å². The fraction of sp³-hybridized carbons (Fsp3) is 0.208. The minimum Gasteiger partial charge on any atom is -0.354 e. The molecule has 0 radical (unpaired) electrons. The Kier molecular flexibility index (Phi) is 6.01. The van der Waals surface area contributed by atoms with Gasteiger partial charge in [0.1, 0.15) is 12.1 Å². The molecule has 0 atom stereocenters. The second-order valence-corrected chi connectivity index (χ2v) is 8.11. The highest BCUT2D eigenvalue weighted by Crippen LogP contribution is 2.27. The van der Waals surface area contributed by atoms with E-state index >= 15 is 0 Å². The summed E-state index contributed by atoms with van der Waals surface area (Å²) in [6, 6.07) is 16.9. The third-order valence-electron chi connectivity index (χ3n) is 5.49. The topological polar surface area (TPSA) is 78.0 Å². The molecule has 0 aliphatic heterocycles. The van der Waals surface area contributed by atoms with Crippen LogP contribution in [0, 0.1) is 0 Å². The van der Waals surface area contributed by atoms with Gasteiger partial charge in [0.05, 0.1) is 5.52 Å². The van der Waals surface area contributed by atoms with Crippen molar-refractivity contribution in [3.05, 3.63) is 92.2 Å². The van der Waals surface area contributed by atoms with Gasteiger partial charge in [-0.25, -0.2) is 4.79 Å². The molecule has 0 fully saturated rings. The van der Waals surface area contributed by atoms with Crippen LogP contribution in [0.3, 0.4) is 0 Å². The number of carbonyl (C=O) groups excluding carboxylic acids is 1. The third-order valence-corrected chi connectivity index (χ3v) is 5.74. The fourth-order valence-corrected chi connectivity index (χ4v) is 3.96. The van der Waals surface area contributed by atoms with Crippen LogP contribution in [-0.2, 0) is 31.9 Å². The summed E-state index contributed by atoms with van der Waals surface area (Å²) in [5.41, 5.74) is 2.55. The van der Waals surface area contributed by atoms with Crippen molar-refractivity contribution in [2.75, 3.05) is 6.54 Å². The maximum Gasteiger partial charge on any atom is 0.331 e. The van der Waals surface area contributed by atoms with Crippen LogP contribution in [0.4, 0.5) is 0 Å². The number of nitrogens with one attached hydrogen (secondary N) is 1. The first-order valence-electron chi connectivity index (χ1n) is 10.2. The maximum atomic E-state index is 13.0. The minimum atomic E-state index is -0.529. The molecule has 0 aliphatic carbocycles. The van der Waals surface area contributed by atoms with Gasteiger partial charge in [-0.15, -0.1) is 0 Å². The zero-order chi connectivity index (χ0) is 22.8. The normalized spacial score (nSPS) is 11.1. The van der Waals surface area contributed by atoms with Crippen LogP contribution >= 0.6 is 11.6 Å². The van der Waals surface area contributed by atoms with Crippen LogP contribution < -0.4 is 16.6 Å². The van der Waals surface area contributed by atoms with Gasteiger partial charge in [0.25, 0.3) is 5.56 Å². The van der Waals surface area contributed by atoms with E-state index in [9.17, 15) is 14.4 Å². The van der Waals surface area contributed by atoms with Crippen LogP contribution in [0.15, 0.2) is 70.4 Å². The summed E-state index contributed by atoms with van der Waals surface area (Å²) in [7, 11) is 3.19. The van der Waals surface area contributed by atoms with Crippen LogP contribution in [0.5, 0.6) is 0 Å². The molecule has 164 valence electrons. The van der Waals surface area contributed by atoms with Crippen molar-refractivity contribution in [3.8, 4) is 11.1 Å². The largest absolute Gasteiger partial charge is 0.354 e. The molecule has 0 bridgehead atoms. The standard InChI is InChI=1S/C24H23ClN4O3/c1-27-14-19(17-6-4-3-5-7-17)21-22(27)23(31)28(2)24(32)29(21)15-20(30)26-13-12-16-8-10-18(25)11-9-16/h3-11,14H,12-13,15H2,1-2H3,(H,26,30). The quantitative estimate of drug-likeness (QED) is 0.490. The molecule has 0 spiro atoms. The van der Waals surface area contributed by atoms with E-state index in [0.29, 0.717) is 29.0 Å². The van der Waals surface area contributed by atoms with Crippen molar-refractivity contribution in [1.29, 1.82) is 0 Å². The Hall–Kier alpha value is -3.58. The first-order chi connectivity index (χ1) is 15.4. The number of carbonyl (C=O) groups is 1. The van der Waals surface area contributed by atoms with Gasteiger partial charge in [0.15, 0.2) is 0 Å². The molecule has 1 N–H and O–H groups in total. The number of benzene rings is 2. The number of fused-ring (bicyclic) bond motifs is 1. The van der Waals surface area contributed by atoms with Gasteiger partial charge in [0, 0.05) is 37.4 Å². The predicted molar refractivity (Wildman–Crippen MR) is 126 cm³/mol. The van der Waals surface area contributed by atoms with Crippen molar-refractivity contribution >= 4 is 28.5 Å². The smallest absolute Gasteiger partial charge is 0.331 e. The number of aryl methyl sites for hydroxylation is 1. The molecule has 2 heterocycles. The molecule has 4 aromatic rings. The summed E-state index contributed by atoms with van der Waals surface area (Å²) in [5, 5.41) is 3.52. The van der Waals surface area contributed by atoms with E-state index in [1.807, 2.05) is 48.7 Å². The van der Waals surface area contributed by atoms with Crippen molar-refractivity contribution in [2.24, 2.45) is 14.1 Å². The Morgan fingerprint density at radius 1 is 0.969 bits per heavy atom. The molecule has 2 aromatic carbocycles. The number of halogens is 1. The lowest BCUT2D eigenvalue weighted by molar-refractivity contribution is -0.121. The monoisotopic (exact) mass is 450 g/mol. The highest BCUT2D eigenvalue weighted by atomic mass is 35.5. The lowest BCUT2D eigenvalue weighted by Crippen LogP contribution is -2.41. The van der Waals surface area contributed by atoms with E-state index in [4.69, 9.17) is 11.6 Å². The highest BCUT2D eigenvalue weighted by molar-refractivity contribution is 6.30. The molecule has 0 saturated heterocycles. The van der Waals surface area contributed by atoms with E-state index in [2.05, 4.69) is 5.32 Å². The van der Waals surface area contributed by atoms with Gasteiger partial charge in [-0.2, -0.15) is 0 Å². The zero-order valence-corrected chi connectivity index (χ0v) is 18.6. The molecule has 1 amide bonds. The number of nitrogens with zero attached hydrogens (tertiary/aromatic N) is 3. The van der Waals surface area contributed by atoms with Crippen LogP contribution in [0.1, 0.15) is 5.56 Å². The average Bonchev–Trinajstić information content (AvgIpc) is 3.14. The number of aromatic nitrogens is 3. The molecule has 2 aromatic heterocycles. The molecule has 8 heteroatoms. The van der Waals surface area contributed by atoms with Crippen LogP contribution in [0.25, 0.3) is 22.2 Å². The van der Waals surface area contributed by atoms with Crippen molar-refractivity contribution in [3.63, 3.8) is 0 Å². The van der Waals surface area contributed by atoms with E-state index in [1.165, 1.54) is 11.6 Å². The third kappa shape index (κ3) is 4.11. The van der Waals surface area contributed by atoms with Gasteiger partial charge in [0.2, 0.25) is 5.91 Å². The lowest BCUT2D eigenvalue weighted by Gasteiger charge is -2.12. The number of hydrogen-bond donors (Lipinski definition) is 1. The molecule has 0 saturated carbocycles. The maximum absolute atomic E-state index is 13.0. The molecule has 0 aliphatic rings. The first-order valence-corrected chi connectivity index (χ1v) is 10.6. The first kappa shape index (κ1) is 21.6. The van der Waals surface area contributed by atoms with Crippen LogP contribution in [0.2, 0.25) is 5.02 Å². The van der Waals surface area contributed by atoms with Gasteiger partial charge < -0.3 is 9.88 Å². The Morgan fingerprint density at radius 2 is 1.66 bits per heavy atom. The van der Waals surface area contributed by atoms with Gasteiger partial charge in [-0.3, -0.25) is 18.7 Å². The predicted octanol–water partition coefficient (Wildman–Crippen LogP) is 2.72. The van der Waals surface area contributed by atoms with Crippen LogP contribution in [-0.4, -0.2) is 26.2 Å². The summed E-state index contributed by atoms with van der Waals surface area (Å²) in [6.07, 6.45) is 2.46. The van der Waals surface area contributed by atoms with E-state index < -0.39 is 11.2 Å². The van der Waals surface area contributed by atoms with E-state index in [-0.39, 0.29) is 12.5 Å². The minimum absolute atomic E-state index is 0.187. The summed E-state index contributed by atoms with van der Waals surface area (Å²) < 4.78 is 4.11. The average molecular weight is 451 g/mol. The molecular weight excluding hydrogens is 428 g/mol. The van der Waals surface area contributed by atoms with Crippen molar-refractivity contribution in [1.82, 2.24) is 19.0 Å². The second-order valence-electron chi connectivity index (χ2n) is 7.68. The lowest BCUT2D eigenvalue weighted by atomic mass is 10.1. The Labute approximate surface area is 189 Å². The summed E-state index contributed by atoms with van der Waals surface area (Å²) >= 11 is 5.90. The van der Waals surface area contributed by atoms with Gasteiger partial charge in [-0.1, -0.05) is 54.1 Å². The molecule has 0 unspecified atom stereocenters. The van der Waals surface area contributed by atoms with E-state index in [1.54, 1.807) is 23.7 Å². The number of hydrogen-bond acceptors (Lipinski definition) is 3. The molecule has 4 rings (SSSR count). The fourth-order valence-electron chi connectivity index (χ4n) is 3.83. The summed E-state index contributed by atoms with van der Waals surface area (Å²) in [4.78, 5) is 38.5.